The van der Waals surface area contributed by atoms with Crippen LogP contribution in [0.3, 0.4) is 0 Å². The fourth-order valence-corrected chi connectivity index (χ4v) is 1.44. The van der Waals surface area contributed by atoms with Crippen molar-refractivity contribution in [2.45, 2.75) is 0 Å². The SMILES string of the molecule is N#CC=Cc1c(F)cccc1I. The molecule has 0 aliphatic rings. The highest BCUT2D eigenvalue weighted by molar-refractivity contribution is 14.1. The summed E-state index contributed by atoms with van der Waals surface area (Å²) in [4.78, 5) is 0. The molecular formula is C9H5FIN. The van der Waals surface area contributed by atoms with Gasteiger partial charge >= 0.3 is 0 Å². The van der Waals surface area contributed by atoms with Crippen LogP contribution in [-0.4, -0.2) is 0 Å². The van der Waals surface area contributed by atoms with Crippen molar-refractivity contribution in [1.29, 1.82) is 5.26 Å². The molecule has 0 radical (unpaired) electrons. The standard InChI is InChI=1S/C9H5FIN/c10-8-4-1-5-9(11)7(8)3-2-6-12/h1-5H. The first-order chi connectivity index (χ1) is 5.75. The average molecular weight is 273 g/mol. The Bertz CT molecular complexity index is 332. The van der Waals surface area contributed by atoms with E-state index in [4.69, 9.17) is 5.26 Å². The van der Waals surface area contributed by atoms with Gasteiger partial charge in [0.1, 0.15) is 5.82 Å². The lowest BCUT2D eigenvalue weighted by molar-refractivity contribution is 0.624. The number of nitriles is 1. The summed E-state index contributed by atoms with van der Waals surface area (Å²) in [6, 6.07) is 6.63. The molecule has 0 fully saturated rings. The van der Waals surface area contributed by atoms with E-state index in [1.165, 1.54) is 18.2 Å². The summed E-state index contributed by atoms with van der Waals surface area (Å²) in [7, 11) is 0. The number of rotatable bonds is 1. The van der Waals surface area contributed by atoms with Gasteiger partial charge in [-0.1, -0.05) is 6.07 Å². The van der Waals surface area contributed by atoms with Crippen LogP contribution < -0.4 is 0 Å². The van der Waals surface area contributed by atoms with Crippen LogP contribution >= 0.6 is 22.6 Å². The quantitative estimate of drug-likeness (QED) is 0.570. The van der Waals surface area contributed by atoms with Gasteiger partial charge in [-0.2, -0.15) is 5.26 Å². The Morgan fingerprint density at radius 1 is 1.50 bits per heavy atom. The van der Waals surface area contributed by atoms with Crippen molar-refractivity contribution in [3.05, 3.63) is 39.2 Å². The lowest BCUT2D eigenvalue weighted by Crippen LogP contribution is -1.85. The van der Waals surface area contributed by atoms with Crippen molar-refractivity contribution < 1.29 is 4.39 Å². The van der Waals surface area contributed by atoms with Gasteiger partial charge in [-0.15, -0.1) is 0 Å². The Labute approximate surface area is 83.7 Å². The third kappa shape index (κ3) is 2.05. The van der Waals surface area contributed by atoms with Crippen LogP contribution in [-0.2, 0) is 0 Å². The highest BCUT2D eigenvalue weighted by Crippen LogP contribution is 2.16. The summed E-state index contributed by atoms with van der Waals surface area (Å²) in [6.07, 6.45) is 2.73. The van der Waals surface area contributed by atoms with Gasteiger partial charge in [0.05, 0.1) is 6.07 Å². The minimum atomic E-state index is -0.298. The van der Waals surface area contributed by atoms with Crippen molar-refractivity contribution in [3.63, 3.8) is 0 Å². The lowest BCUT2D eigenvalue weighted by atomic mass is 10.2. The minimum Gasteiger partial charge on any atom is -0.206 e. The number of allylic oxidation sites excluding steroid dienone is 1. The van der Waals surface area contributed by atoms with E-state index in [-0.39, 0.29) is 5.82 Å². The Balaban J connectivity index is 3.15. The van der Waals surface area contributed by atoms with E-state index < -0.39 is 0 Å². The molecule has 12 heavy (non-hydrogen) atoms. The molecule has 60 valence electrons. The summed E-state index contributed by atoms with van der Waals surface area (Å²) < 4.78 is 13.8. The number of halogens is 2. The molecule has 0 saturated heterocycles. The molecule has 1 rings (SSSR count). The second-order valence-corrected chi connectivity index (χ2v) is 3.26. The second-order valence-electron chi connectivity index (χ2n) is 2.10. The van der Waals surface area contributed by atoms with Crippen molar-refractivity contribution in [2.24, 2.45) is 0 Å². The average Bonchev–Trinajstić information content (AvgIpc) is 2.04. The highest BCUT2D eigenvalue weighted by Gasteiger charge is 2.00. The van der Waals surface area contributed by atoms with Gasteiger partial charge in [0.25, 0.3) is 0 Å². The zero-order chi connectivity index (χ0) is 8.97. The number of hydrogen-bond donors (Lipinski definition) is 0. The molecule has 0 aromatic heterocycles. The zero-order valence-electron chi connectivity index (χ0n) is 6.09. The van der Waals surface area contributed by atoms with Crippen LogP contribution in [0.1, 0.15) is 5.56 Å². The fourth-order valence-electron chi connectivity index (χ4n) is 0.791. The summed E-state index contributed by atoms with van der Waals surface area (Å²) in [6.45, 7) is 0. The number of benzene rings is 1. The van der Waals surface area contributed by atoms with E-state index in [1.807, 2.05) is 28.7 Å². The van der Waals surface area contributed by atoms with Crippen LogP contribution in [0.15, 0.2) is 24.3 Å². The minimum absolute atomic E-state index is 0.298. The molecule has 0 heterocycles. The third-order valence-electron chi connectivity index (χ3n) is 1.32. The fraction of sp³-hybridized carbons (Fsp3) is 0. The normalized spacial score (nSPS) is 10.1. The first kappa shape index (κ1) is 9.20. The Hall–Kier alpha value is -0.890. The lowest BCUT2D eigenvalue weighted by Gasteiger charge is -1.97. The first-order valence-electron chi connectivity index (χ1n) is 3.26. The van der Waals surface area contributed by atoms with Crippen molar-refractivity contribution in [1.82, 2.24) is 0 Å². The van der Waals surface area contributed by atoms with E-state index in [0.717, 1.165) is 3.57 Å². The Morgan fingerprint density at radius 3 is 2.83 bits per heavy atom. The summed E-state index contributed by atoms with van der Waals surface area (Å²) >= 11 is 2.03. The zero-order valence-corrected chi connectivity index (χ0v) is 8.25. The molecule has 1 nitrogen and oxygen atoms in total. The van der Waals surface area contributed by atoms with E-state index in [1.54, 1.807) is 12.1 Å². The van der Waals surface area contributed by atoms with E-state index in [9.17, 15) is 4.39 Å². The predicted molar refractivity (Wildman–Crippen MR) is 53.8 cm³/mol. The van der Waals surface area contributed by atoms with Crippen molar-refractivity contribution in [3.8, 4) is 6.07 Å². The molecule has 0 N–H and O–H groups in total. The van der Waals surface area contributed by atoms with Gasteiger partial charge in [0, 0.05) is 15.2 Å². The molecule has 0 bridgehead atoms. The van der Waals surface area contributed by atoms with Gasteiger partial charge in [-0.3, -0.25) is 0 Å². The molecular weight excluding hydrogens is 268 g/mol. The maximum atomic E-state index is 13.0. The number of nitrogens with zero attached hydrogens (tertiary/aromatic N) is 1. The van der Waals surface area contributed by atoms with Gasteiger partial charge in [-0.05, 0) is 40.8 Å². The number of hydrogen-bond acceptors (Lipinski definition) is 1. The third-order valence-corrected chi connectivity index (χ3v) is 2.26. The molecule has 0 aliphatic carbocycles. The molecule has 1 aromatic rings. The molecule has 0 aliphatic heterocycles. The monoisotopic (exact) mass is 273 g/mol. The van der Waals surface area contributed by atoms with Crippen molar-refractivity contribution in [2.75, 3.05) is 0 Å². The Morgan fingerprint density at radius 2 is 2.25 bits per heavy atom. The smallest absolute Gasteiger partial charge is 0.131 e. The maximum Gasteiger partial charge on any atom is 0.131 e. The Kier molecular flexibility index (Phi) is 3.23. The summed E-state index contributed by atoms with van der Waals surface area (Å²) in [5.41, 5.74) is 0.472. The van der Waals surface area contributed by atoms with Crippen LogP contribution in [0, 0.1) is 20.7 Å². The largest absolute Gasteiger partial charge is 0.206 e. The molecule has 0 unspecified atom stereocenters. The van der Waals surface area contributed by atoms with Crippen LogP contribution in [0.4, 0.5) is 4.39 Å². The topological polar surface area (TPSA) is 23.8 Å². The molecule has 0 amide bonds. The second kappa shape index (κ2) is 4.21. The molecule has 0 atom stereocenters. The maximum absolute atomic E-state index is 13.0. The van der Waals surface area contributed by atoms with Gasteiger partial charge < -0.3 is 0 Å². The molecule has 0 spiro atoms. The van der Waals surface area contributed by atoms with Gasteiger partial charge in [0.2, 0.25) is 0 Å². The van der Waals surface area contributed by atoms with Crippen LogP contribution in [0.5, 0.6) is 0 Å². The van der Waals surface area contributed by atoms with Gasteiger partial charge in [-0.25, -0.2) is 4.39 Å². The summed E-state index contributed by atoms with van der Waals surface area (Å²) in [5.74, 6) is -0.298. The molecule has 0 saturated carbocycles. The van der Waals surface area contributed by atoms with Crippen LogP contribution in [0.2, 0.25) is 0 Å². The predicted octanol–water partition coefficient (Wildman–Crippen LogP) is 2.97. The van der Waals surface area contributed by atoms with Crippen molar-refractivity contribution >= 4 is 28.7 Å². The van der Waals surface area contributed by atoms with Gasteiger partial charge in [0.15, 0.2) is 0 Å². The highest BCUT2D eigenvalue weighted by atomic mass is 127. The van der Waals surface area contributed by atoms with Crippen LogP contribution in [0.25, 0.3) is 6.08 Å². The molecule has 3 heteroatoms. The van der Waals surface area contributed by atoms with E-state index in [2.05, 4.69) is 0 Å². The van der Waals surface area contributed by atoms with E-state index >= 15 is 0 Å². The van der Waals surface area contributed by atoms with E-state index in [0.29, 0.717) is 5.56 Å². The summed E-state index contributed by atoms with van der Waals surface area (Å²) in [5, 5.41) is 8.25. The first-order valence-corrected chi connectivity index (χ1v) is 4.34. The molecule has 1 aromatic carbocycles.